The van der Waals surface area contributed by atoms with Crippen LogP contribution in [0.3, 0.4) is 0 Å². The number of benzene rings is 3. The monoisotopic (exact) mass is 590 g/mol. The maximum absolute atomic E-state index is 13.3. The Labute approximate surface area is 250 Å². The standard InChI is InChI=1S/C32H35ClN4O5/c1-19(2)26(28(38)32(42)37-27-20(3)12-11-17-24(27)33)36-29(39)21(4)34-31(41)25(18-22-13-7-5-8-14-22)35-30(40)23-15-9-6-10-16-23/h5-17,19,21,25-26H,18H2,1-4H3,(H,34,41)(H,35,40)(H,36,39)(H,37,42). The summed E-state index contributed by atoms with van der Waals surface area (Å²) in [6.07, 6.45) is 0.189. The smallest absolute Gasteiger partial charge is 0.294 e. The topological polar surface area (TPSA) is 133 Å². The van der Waals surface area contributed by atoms with Gasteiger partial charge in [-0.3, -0.25) is 24.0 Å². The summed E-state index contributed by atoms with van der Waals surface area (Å²) in [4.78, 5) is 65.1. The van der Waals surface area contributed by atoms with Gasteiger partial charge >= 0.3 is 0 Å². The lowest BCUT2D eigenvalue weighted by Crippen LogP contribution is -2.56. The molecule has 0 spiro atoms. The fourth-order valence-corrected chi connectivity index (χ4v) is 4.46. The number of halogens is 1. The third-order valence-corrected chi connectivity index (χ3v) is 6.94. The number of ketones is 1. The molecule has 220 valence electrons. The van der Waals surface area contributed by atoms with Crippen LogP contribution in [0.25, 0.3) is 0 Å². The minimum atomic E-state index is -1.16. The highest BCUT2D eigenvalue weighted by molar-refractivity contribution is 6.44. The molecule has 9 nitrogen and oxygen atoms in total. The molecule has 0 aromatic heterocycles. The zero-order valence-electron chi connectivity index (χ0n) is 23.9. The second-order valence-corrected chi connectivity index (χ2v) is 10.7. The van der Waals surface area contributed by atoms with Gasteiger partial charge in [-0.05, 0) is 49.1 Å². The quantitative estimate of drug-likeness (QED) is 0.238. The maximum Gasteiger partial charge on any atom is 0.294 e. The third-order valence-electron chi connectivity index (χ3n) is 6.62. The number of hydrogen-bond donors (Lipinski definition) is 4. The largest absolute Gasteiger partial charge is 0.344 e. The molecule has 3 unspecified atom stereocenters. The SMILES string of the molecule is Cc1cccc(Cl)c1NC(=O)C(=O)C(NC(=O)C(C)NC(=O)C(Cc1ccccc1)NC(=O)c1ccccc1)C(C)C. The van der Waals surface area contributed by atoms with E-state index in [0.29, 0.717) is 16.8 Å². The van der Waals surface area contributed by atoms with E-state index < -0.39 is 53.5 Å². The van der Waals surface area contributed by atoms with Crippen molar-refractivity contribution in [2.24, 2.45) is 5.92 Å². The summed E-state index contributed by atoms with van der Waals surface area (Å²) in [6, 6.07) is 19.5. The molecule has 3 rings (SSSR count). The van der Waals surface area contributed by atoms with Crippen molar-refractivity contribution in [3.63, 3.8) is 0 Å². The molecule has 0 saturated heterocycles. The van der Waals surface area contributed by atoms with E-state index in [-0.39, 0.29) is 11.4 Å². The molecule has 0 bridgehead atoms. The van der Waals surface area contributed by atoms with Crippen molar-refractivity contribution in [1.29, 1.82) is 0 Å². The Kier molecular flexibility index (Phi) is 11.4. The van der Waals surface area contributed by atoms with Gasteiger partial charge in [0.05, 0.1) is 16.8 Å². The van der Waals surface area contributed by atoms with Gasteiger partial charge in [0, 0.05) is 12.0 Å². The third kappa shape index (κ3) is 8.75. The average molecular weight is 591 g/mol. The van der Waals surface area contributed by atoms with E-state index in [9.17, 15) is 24.0 Å². The van der Waals surface area contributed by atoms with Crippen LogP contribution in [-0.2, 0) is 25.6 Å². The van der Waals surface area contributed by atoms with Crippen LogP contribution in [0.4, 0.5) is 5.69 Å². The molecule has 3 atom stereocenters. The zero-order valence-corrected chi connectivity index (χ0v) is 24.7. The molecule has 3 aromatic carbocycles. The van der Waals surface area contributed by atoms with E-state index in [2.05, 4.69) is 21.3 Å². The van der Waals surface area contributed by atoms with Crippen LogP contribution in [0.5, 0.6) is 0 Å². The summed E-state index contributed by atoms with van der Waals surface area (Å²) in [7, 11) is 0. The predicted molar refractivity (Wildman–Crippen MR) is 162 cm³/mol. The highest BCUT2D eigenvalue weighted by Gasteiger charge is 2.32. The van der Waals surface area contributed by atoms with Crippen LogP contribution in [-0.4, -0.2) is 47.5 Å². The summed E-state index contributed by atoms with van der Waals surface area (Å²) in [5.74, 6) is -3.88. The number of carbonyl (C=O) groups excluding carboxylic acids is 5. The van der Waals surface area contributed by atoms with Crippen LogP contribution in [0.2, 0.25) is 5.02 Å². The number of aryl methyl sites for hydroxylation is 1. The molecule has 0 radical (unpaired) electrons. The number of Topliss-reactive ketones (excluding diaryl/α,β-unsaturated/α-hetero) is 1. The minimum absolute atomic E-state index is 0.189. The molecule has 4 N–H and O–H groups in total. The van der Waals surface area contributed by atoms with Gasteiger partial charge in [0.15, 0.2) is 0 Å². The first-order valence-corrected chi connectivity index (χ1v) is 14.0. The van der Waals surface area contributed by atoms with Crippen molar-refractivity contribution < 1.29 is 24.0 Å². The van der Waals surface area contributed by atoms with Crippen molar-refractivity contribution in [3.8, 4) is 0 Å². The van der Waals surface area contributed by atoms with Gasteiger partial charge in [-0.1, -0.05) is 86.1 Å². The minimum Gasteiger partial charge on any atom is -0.344 e. The van der Waals surface area contributed by atoms with Crippen molar-refractivity contribution in [2.45, 2.75) is 52.2 Å². The van der Waals surface area contributed by atoms with Crippen molar-refractivity contribution >= 4 is 46.7 Å². The number of carbonyl (C=O) groups is 5. The van der Waals surface area contributed by atoms with Crippen LogP contribution < -0.4 is 21.3 Å². The number of hydrogen-bond acceptors (Lipinski definition) is 5. The van der Waals surface area contributed by atoms with E-state index in [4.69, 9.17) is 11.6 Å². The number of amides is 4. The molecule has 0 aliphatic heterocycles. The van der Waals surface area contributed by atoms with Gasteiger partial charge in [0.25, 0.3) is 11.8 Å². The first-order chi connectivity index (χ1) is 20.0. The van der Waals surface area contributed by atoms with E-state index in [1.807, 2.05) is 30.3 Å². The highest BCUT2D eigenvalue weighted by atomic mass is 35.5. The molecule has 4 amide bonds. The lowest BCUT2D eigenvalue weighted by Gasteiger charge is -2.25. The van der Waals surface area contributed by atoms with Gasteiger partial charge in [-0.25, -0.2) is 0 Å². The second kappa shape index (κ2) is 14.9. The summed E-state index contributed by atoms with van der Waals surface area (Å²) < 4.78 is 0. The second-order valence-electron chi connectivity index (χ2n) is 10.3. The van der Waals surface area contributed by atoms with Gasteiger partial charge in [-0.15, -0.1) is 0 Å². The van der Waals surface area contributed by atoms with Gasteiger partial charge in [0.2, 0.25) is 17.6 Å². The van der Waals surface area contributed by atoms with E-state index >= 15 is 0 Å². The van der Waals surface area contributed by atoms with E-state index in [1.165, 1.54) is 6.92 Å². The first kappa shape index (κ1) is 32.0. The van der Waals surface area contributed by atoms with Gasteiger partial charge in [-0.2, -0.15) is 0 Å². The molecule has 3 aromatic rings. The number of anilines is 1. The zero-order chi connectivity index (χ0) is 30.8. The Hall–Kier alpha value is -4.50. The molecule has 10 heteroatoms. The summed E-state index contributed by atoms with van der Waals surface area (Å²) in [5, 5.41) is 10.8. The van der Waals surface area contributed by atoms with Crippen molar-refractivity contribution in [2.75, 3.05) is 5.32 Å². The highest BCUT2D eigenvalue weighted by Crippen LogP contribution is 2.25. The van der Waals surface area contributed by atoms with Crippen molar-refractivity contribution in [1.82, 2.24) is 16.0 Å². The first-order valence-electron chi connectivity index (χ1n) is 13.6. The number of rotatable bonds is 12. The number of nitrogens with one attached hydrogen (secondary N) is 4. The Morgan fingerprint density at radius 3 is 1.95 bits per heavy atom. The Morgan fingerprint density at radius 1 is 0.738 bits per heavy atom. The molecular formula is C32H35ClN4O5. The molecule has 0 saturated carbocycles. The van der Waals surface area contributed by atoms with Crippen LogP contribution >= 0.6 is 11.6 Å². The Morgan fingerprint density at radius 2 is 1.36 bits per heavy atom. The molecule has 0 fully saturated rings. The molecule has 0 aliphatic carbocycles. The fraction of sp³-hybridized carbons (Fsp3) is 0.281. The molecular weight excluding hydrogens is 556 g/mol. The van der Waals surface area contributed by atoms with Crippen LogP contribution in [0.1, 0.15) is 42.3 Å². The van der Waals surface area contributed by atoms with E-state index in [1.54, 1.807) is 69.3 Å². The Balaban J connectivity index is 1.69. The fourth-order valence-electron chi connectivity index (χ4n) is 4.19. The van der Waals surface area contributed by atoms with Crippen LogP contribution in [0, 0.1) is 12.8 Å². The molecule has 0 aliphatic rings. The van der Waals surface area contributed by atoms with Crippen LogP contribution in [0.15, 0.2) is 78.9 Å². The molecule has 0 heterocycles. The molecule has 42 heavy (non-hydrogen) atoms. The van der Waals surface area contributed by atoms with Crippen molar-refractivity contribution in [3.05, 3.63) is 101 Å². The average Bonchev–Trinajstić information content (AvgIpc) is 2.97. The van der Waals surface area contributed by atoms with Gasteiger partial charge in [0.1, 0.15) is 12.1 Å². The predicted octanol–water partition coefficient (Wildman–Crippen LogP) is 3.84. The lowest BCUT2D eigenvalue weighted by molar-refractivity contribution is -0.138. The maximum atomic E-state index is 13.3. The van der Waals surface area contributed by atoms with E-state index in [0.717, 1.165) is 5.56 Å². The lowest BCUT2D eigenvalue weighted by atomic mass is 9.98. The summed E-state index contributed by atoms with van der Waals surface area (Å²) >= 11 is 6.18. The normalized spacial score (nSPS) is 12.9. The van der Waals surface area contributed by atoms with Gasteiger partial charge < -0.3 is 21.3 Å². The number of para-hydroxylation sites is 1. The Bertz CT molecular complexity index is 1410. The summed E-state index contributed by atoms with van der Waals surface area (Å²) in [5.41, 5.74) is 2.19. The summed E-state index contributed by atoms with van der Waals surface area (Å²) in [6.45, 7) is 6.58.